The maximum atomic E-state index is 12.6. The van der Waals surface area contributed by atoms with Gasteiger partial charge in [-0.25, -0.2) is 9.78 Å². The van der Waals surface area contributed by atoms with Crippen LogP contribution in [0.2, 0.25) is 0 Å². The zero-order chi connectivity index (χ0) is 22.4. The molecule has 0 spiro atoms. The van der Waals surface area contributed by atoms with Gasteiger partial charge in [0.25, 0.3) is 0 Å². The number of carbonyl (C=O) groups is 2. The van der Waals surface area contributed by atoms with Gasteiger partial charge in [0.2, 0.25) is 5.78 Å². The molecule has 6 nitrogen and oxygen atoms in total. The Kier molecular flexibility index (Phi) is 7.41. The average molecular weight is 439 g/mol. The van der Waals surface area contributed by atoms with Gasteiger partial charge in [-0.1, -0.05) is 12.1 Å². The molecule has 0 amide bonds. The van der Waals surface area contributed by atoms with E-state index in [-0.39, 0.29) is 12.4 Å². The van der Waals surface area contributed by atoms with Gasteiger partial charge in [0.15, 0.2) is 6.61 Å². The van der Waals surface area contributed by atoms with E-state index in [9.17, 15) is 9.59 Å². The Morgan fingerprint density at radius 1 is 1.16 bits per heavy atom. The van der Waals surface area contributed by atoms with Crippen LogP contribution in [0.1, 0.15) is 38.0 Å². The molecule has 7 heteroatoms. The first-order chi connectivity index (χ1) is 14.9. The molecule has 0 saturated heterocycles. The normalized spacial score (nSPS) is 11.1. The number of ketones is 1. The monoisotopic (exact) mass is 438 g/mol. The van der Waals surface area contributed by atoms with Gasteiger partial charge in [-0.2, -0.15) is 0 Å². The van der Waals surface area contributed by atoms with Gasteiger partial charge in [-0.3, -0.25) is 4.79 Å². The lowest BCUT2D eigenvalue weighted by Gasteiger charge is -2.10. The molecule has 0 N–H and O–H groups in total. The fourth-order valence-corrected chi connectivity index (χ4v) is 3.91. The van der Waals surface area contributed by atoms with Crippen molar-refractivity contribution < 1.29 is 19.1 Å². The number of aromatic nitrogens is 2. The molecule has 0 radical (unpaired) electrons. The van der Waals surface area contributed by atoms with E-state index in [4.69, 9.17) is 9.47 Å². The number of ether oxygens (including phenoxy) is 2. The van der Waals surface area contributed by atoms with Crippen LogP contribution in [0, 0.1) is 20.8 Å². The van der Waals surface area contributed by atoms with E-state index >= 15 is 0 Å². The fraction of sp³-hybridized carbons (Fsp3) is 0.292. The van der Waals surface area contributed by atoms with Crippen LogP contribution in [-0.4, -0.2) is 35.0 Å². The van der Waals surface area contributed by atoms with Crippen LogP contribution in [0.25, 0.3) is 6.08 Å². The van der Waals surface area contributed by atoms with E-state index in [2.05, 4.69) is 9.55 Å². The van der Waals surface area contributed by atoms with Crippen molar-refractivity contribution in [3.8, 4) is 5.75 Å². The first-order valence-electron chi connectivity index (χ1n) is 9.97. The number of aryl methyl sites for hydroxylation is 3. The van der Waals surface area contributed by atoms with Gasteiger partial charge < -0.3 is 14.0 Å². The first kappa shape index (κ1) is 22.5. The van der Waals surface area contributed by atoms with Crippen molar-refractivity contribution in [2.45, 2.75) is 33.7 Å². The summed E-state index contributed by atoms with van der Waals surface area (Å²) in [6.45, 7) is 6.25. The minimum Gasteiger partial charge on any atom is -0.497 e. The lowest BCUT2D eigenvalue weighted by Crippen LogP contribution is -2.14. The number of Topliss-reactive ketones (excluding diaryl/α,β-unsaturated/α-hetero) is 1. The minimum absolute atomic E-state index is 0.213. The molecule has 2 heterocycles. The summed E-state index contributed by atoms with van der Waals surface area (Å²) in [4.78, 5) is 28.8. The summed E-state index contributed by atoms with van der Waals surface area (Å²) in [6, 6.07) is 9.82. The topological polar surface area (TPSA) is 70.4 Å². The van der Waals surface area contributed by atoms with Crippen molar-refractivity contribution in [1.82, 2.24) is 9.55 Å². The molecule has 0 atom stereocenters. The quantitative estimate of drug-likeness (QED) is 0.278. The molecule has 31 heavy (non-hydrogen) atoms. The summed E-state index contributed by atoms with van der Waals surface area (Å²) in [7, 11) is 1.65. The van der Waals surface area contributed by atoms with Crippen molar-refractivity contribution in [2.75, 3.05) is 13.7 Å². The van der Waals surface area contributed by atoms with Crippen molar-refractivity contribution in [2.24, 2.45) is 0 Å². The van der Waals surface area contributed by atoms with Crippen LogP contribution in [0.15, 0.2) is 41.8 Å². The van der Waals surface area contributed by atoms with E-state index < -0.39 is 5.97 Å². The highest BCUT2D eigenvalue weighted by atomic mass is 32.1. The number of rotatable bonds is 9. The maximum Gasteiger partial charge on any atom is 0.331 e. The van der Waals surface area contributed by atoms with Crippen molar-refractivity contribution >= 4 is 29.2 Å². The molecule has 0 aliphatic rings. The van der Waals surface area contributed by atoms with Crippen LogP contribution in [-0.2, 0) is 22.5 Å². The molecule has 162 valence electrons. The number of carbonyl (C=O) groups excluding carboxylic acids is 2. The van der Waals surface area contributed by atoms with Gasteiger partial charge in [-0.05, 0) is 57.0 Å². The first-order valence-corrected chi connectivity index (χ1v) is 10.8. The molecule has 3 aromatic rings. The number of hydrogen-bond acceptors (Lipinski definition) is 6. The number of esters is 1. The number of hydrogen-bond donors (Lipinski definition) is 0. The van der Waals surface area contributed by atoms with Gasteiger partial charge in [0, 0.05) is 35.0 Å². The van der Waals surface area contributed by atoms with E-state index in [1.165, 1.54) is 23.0 Å². The SMILES string of the molecule is COc1ccc(CCn2c(C)cc(C(=O)COC(=O)/C=C/c3csc(C)n3)c2C)cc1. The maximum absolute atomic E-state index is 12.6. The van der Waals surface area contributed by atoms with Crippen LogP contribution >= 0.6 is 11.3 Å². The average Bonchev–Trinajstić information content (AvgIpc) is 3.31. The summed E-state index contributed by atoms with van der Waals surface area (Å²) < 4.78 is 12.4. The smallest absolute Gasteiger partial charge is 0.331 e. The molecular formula is C24H26N2O4S. The highest BCUT2D eigenvalue weighted by molar-refractivity contribution is 7.09. The molecule has 1 aromatic carbocycles. The summed E-state index contributed by atoms with van der Waals surface area (Å²) >= 11 is 1.50. The molecular weight excluding hydrogens is 412 g/mol. The van der Waals surface area contributed by atoms with E-state index in [0.29, 0.717) is 11.3 Å². The Morgan fingerprint density at radius 3 is 2.55 bits per heavy atom. The summed E-state index contributed by atoms with van der Waals surface area (Å²) in [5.74, 6) is 0.0541. The fourth-order valence-electron chi connectivity index (χ4n) is 3.33. The Bertz CT molecular complexity index is 1090. The summed E-state index contributed by atoms with van der Waals surface area (Å²) in [5, 5.41) is 2.77. The molecule has 3 rings (SSSR count). The molecule has 0 aliphatic carbocycles. The van der Waals surface area contributed by atoms with Crippen LogP contribution in [0.5, 0.6) is 5.75 Å². The highest BCUT2D eigenvalue weighted by Crippen LogP contribution is 2.18. The van der Waals surface area contributed by atoms with E-state index in [1.807, 2.05) is 56.5 Å². The lowest BCUT2D eigenvalue weighted by molar-refractivity contribution is -0.136. The van der Waals surface area contributed by atoms with Crippen molar-refractivity contribution in [3.63, 3.8) is 0 Å². The van der Waals surface area contributed by atoms with Gasteiger partial charge in [-0.15, -0.1) is 11.3 Å². The highest BCUT2D eigenvalue weighted by Gasteiger charge is 2.17. The number of benzene rings is 1. The van der Waals surface area contributed by atoms with E-state index in [0.717, 1.165) is 35.1 Å². The molecule has 0 bridgehead atoms. The van der Waals surface area contributed by atoms with Crippen molar-refractivity contribution in [1.29, 1.82) is 0 Å². The predicted molar refractivity (Wildman–Crippen MR) is 122 cm³/mol. The molecule has 0 unspecified atom stereocenters. The third-order valence-electron chi connectivity index (χ3n) is 5.03. The van der Waals surface area contributed by atoms with Crippen molar-refractivity contribution in [3.05, 3.63) is 75.0 Å². The second-order valence-electron chi connectivity index (χ2n) is 7.19. The third-order valence-corrected chi connectivity index (χ3v) is 5.82. The van der Waals surface area contributed by atoms with E-state index in [1.54, 1.807) is 13.2 Å². The summed E-state index contributed by atoms with van der Waals surface area (Å²) in [5.41, 5.74) is 4.35. The van der Waals surface area contributed by atoms with Crippen LogP contribution in [0.3, 0.4) is 0 Å². The van der Waals surface area contributed by atoms with Gasteiger partial charge in [0.1, 0.15) is 5.75 Å². The minimum atomic E-state index is -0.563. The third kappa shape index (κ3) is 5.92. The molecule has 0 aliphatic heterocycles. The molecule has 2 aromatic heterocycles. The molecule has 0 saturated carbocycles. The Labute approximate surface area is 186 Å². The number of thiazole rings is 1. The van der Waals surface area contributed by atoms with Gasteiger partial charge >= 0.3 is 5.97 Å². The zero-order valence-electron chi connectivity index (χ0n) is 18.2. The lowest BCUT2D eigenvalue weighted by atomic mass is 10.1. The number of methoxy groups -OCH3 is 1. The molecule has 0 fully saturated rings. The largest absolute Gasteiger partial charge is 0.497 e. The second-order valence-corrected chi connectivity index (χ2v) is 8.25. The zero-order valence-corrected chi connectivity index (χ0v) is 19.0. The Morgan fingerprint density at radius 2 is 1.90 bits per heavy atom. The van der Waals surface area contributed by atoms with Crippen LogP contribution in [0.4, 0.5) is 0 Å². The Hall–Kier alpha value is -3.19. The Balaban J connectivity index is 1.57. The number of nitrogens with zero attached hydrogens (tertiary/aromatic N) is 2. The van der Waals surface area contributed by atoms with Crippen LogP contribution < -0.4 is 4.74 Å². The standard InChI is InChI=1S/C24H26N2O4S/c1-16-13-22(17(2)26(16)12-11-19-5-8-21(29-4)9-6-19)23(27)14-30-24(28)10-7-20-15-31-18(3)25-20/h5-10,13,15H,11-12,14H2,1-4H3/b10-7+. The summed E-state index contributed by atoms with van der Waals surface area (Å²) in [6.07, 6.45) is 3.71. The predicted octanol–water partition coefficient (Wildman–Crippen LogP) is 4.56. The second kappa shape index (κ2) is 10.2. The van der Waals surface area contributed by atoms with Gasteiger partial charge in [0.05, 0.1) is 17.8 Å².